The smallest absolute Gasteiger partial charge is 0.264 e. The molecule has 0 saturated heterocycles. The van der Waals surface area contributed by atoms with E-state index in [4.69, 9.17) is 15.2 Å². The Kier molecular flexibility index (Phi) is 6.15. The summed E-state index contributed by atoms with van der Waals surface area (Å²) in [4.78, 5) is 14.4. The molecule has 0 bridgehead atoms. The van der Waals surface area contributed by atoms with Gasteiger partial charge >= 0.3 is 0 Å². The highest BCUT2D eigenvalue weighted by Gasteiger charge is 2.24. The van der Waals surface area contributed by atoms with Crippen molar-refractivity contribution in [2.45, 2.75) is 19.8 Å². The fourth-order valence-corrected chi connectivity index (χ4v) is 3.02. The Hall–Kier alpha value is -2.40. The third kappa shape index (κ3) is 3.99. The third-order valence-corrected chi connectivity index (χ3v) is 4.26. The normalized spacial score (nSPS) is 12.8. The molecule has 2 aromatic carbocycles. The van der Waals surface area contributed by atoms with E-state index < -0.39 is 0 Å². The molecule has 0 unspecified atom stereocenters. The van der Waals surface area contributed by atoms with Crippen molar-refractivity contribution in [1.29, 1.82) is 0 Å². The largest absolute Gasteiger partial charge is 0.493 e. The van der Waals surface area contributed by atoms with Gasteiger partial charge in [0.05, 0.1) is 7.11 Å². The van der Waals surface area contributed by atoms with E-state index in [1.807, 2.05) is 43.3 Å². The molecule has 5 nitrogen and oxygen atoms in total. The Morgan fingerprint density at radius 3 is 2.80 bits per heavy atom. The van der Waals surface area contributed by atoms with Gasteiger partial charge < -0.3 is 20.1 Å². The Bertz CT molecular complexity index is 764. The zero-order valence-electron chi connectivity index (χ0n) is 14.5. The molecule has 3 rings (SSSR count). The van der Waals surface area contributed by atoms with Gasteiger partial charge in [-0.05, 0) is 55.2 Å². The van der Waals surface area contributed by atoms with Gasteiger partial charge in [-0.15, -0.1) is 12.4 Å². The number of nitrogens with two attached hydrogens (primary N) is 1. The monoisotopic (exact) mass is 362 g/mol. The van der Waals surface area contributed by atoms with Crippen LogP contribution in [-0.2, 0) is 11.2 Å². The highest BCUT2D eigenvalue weighted by atomic mass is 35.5. The number of halogens is 1. The van der Waals surface area contributed by atoms with Crippen LogP contribution in [0.2, 0.25) is 0 Å². The minimum absolute atomic E-state index is 0. The summed E-state index contributed by atoms with van der Waals surface area (Å²) in [7, 11) is 1.59. The predicted octanol–water partition coefficient (Wildman–Crippen LogP) is 3.37. The molecule has 2 aromatic rings. The van der Waals surface area contributed by atoms with Crippen LogP contribution in [0.5, 0.6) is 11.5 Å². The summed E-state index contributed by atoms with van der Waals surface area (Å²) < 4.78 is 11.0. The molecular weight excluding hydrogens is 340 g/mol. The van der Waals surface area contributed by atoms with Crippen molar-refractivity contribution < 1.29 is 14.3 Å². The number of benzene rings is 2. The maximum atomic E-state index is 12.6. The maximum absolute atomic E-state index is 12.6. The van der Waals surface area contributed by atoms with Crippen LogP contribution >= 0.6 is 12.4 Å². The van der Waals surface area contributed by atoms with E-state index in [0.717, 1.165) is 35.3 Å². The maximum Gasteiger partial charge on any atom is 0.264 e. The number of methoxy groups -OCH3 is 1. The molecule has 0 saturated carbocycles. The highest BCUT2D eigenvalue weighted by Crippen LogP contribution is 2.32. The van der Waals surface area contributed by atoms with Crippen molar-refractivity contribution in [3.63, 3.8) is 0 Å². The molecule has 25 heavy (non-hydrogen) atoms. The summed E-state index contributed by atoms with van der Waals surface area (Å²) in [6.07, 6.45) is 1.80. The van der Waals surface area contributed by atoms with Gasteiger partial charge in [-0.2, -0.15) is 0 Å². The molecule has 0 spiro atoms. The van der Waals surface area contributed by atoms with Crippen molar-refractivity contribution in [2.24, 2.45) is 0 Å². The van der Waals surface area contributed by atoms with Crippen LogP contribution in [-0.4, -0.2) is 26.2 Å². The summed E-state index contributed by atoms with van der Waals surface area (Å²) in [6.45, 7) is 2.63. The van der Waals surface area contributed by atoms with Crippen LogP contribution in [0, 0.1) is 6.92 Å². The zero-order valence-corrected chi connectivity index (χ0v) is 15.3. The lowest BCUT2D eigenvalue weighted by Crippen LogP contribution is -2.38. The molecule has 0 aliphatic carbocycles. The number of hydrogen-bond donors (Lipinski definition) is 1. The second-order valence-corrected chi connectivity index (χ2v) is 5.94. The van der Waals surface area contributed by atoms with E-state index in [0.29, 0.717) is 18.0 Å². The number of aryl methyl sites for hydroxylation is 1. The van der Waals surface area contributed by atoms with E-state index in [1.165, 1.54) is 0 Å². The summed E-state index contributed by atoms with van der Waals surface area (Å²) in [5.74, 6) is 1.12. The Balaban J connectivity index is 0.00000225. The van der Waals surface area contributed by atoms with E-state index >= 15 is 0 Å². The lowest BCUT2D eigenvalue weighted by atomic mass is 10.00. The fourth-order valence-electron chi connectivity index (χ4n) is 3.02. The van der Waals surface area contributed by atoms with Gasteiger partial charge in [0.2, 0.25) is 0 Å². The minimum Gasteiger partial charge on any atom is -0.493 e. The number of nitrogens with zero attached hydrogens (tertiary/aromatic N) is 1. The van der Waals surface area contributed by atoms with Crippen LogP contribution in [0.15, 0.2) is 36.4 Å². The van der Waals surface area contributed by atoms with E-state index in [-0.39, 0.29) is 24.9 Å². The minimum atomic E-state index is -0.0795. The quantitative estimate of drug-likeness (QED) is 0.847. The molecule has 1 aliphatic rings. The molecule has 0 fully saturated rings. The van der Waals surface area contributed by atoms with Gasteiger partial charge in [-0.3, -0.25) is 4.79 Å². The predicted molar refractivity (Wildman–Crippen MR) is 102 cm³/mol. The SMILES string of the molecule is COc1cc(C)ccc1OCC(=O)N1CCCc2c(N)cccc21.Cl. The topological polar surface area (TPSA) is 64.8 Å². The lowest BCUT2D eigenvalue weighted by molar-refractivity contribution is -0.120. The van der Waals surface area contributed by atoms with Gasteiger partial charge in [0.15, 0.2) is 18.1 Å². The van der Waals surface area contributed by atoms with E-state index in [2.05, 4.69) is 0 Å². The van der Waals surface area contributed by atoms with Gasteiger partial charge in [0.25, 0.3) is 5.91 Å². The fraction of sp³-hybridized carbons (Fsp3) is 0.316. The number of nitrogen functional groups attached to an aromatic ring is 1. The molecule has 1 amide bonds. The van der Waals surface area contributed by atoms with Crippen LogP contribution < -0.4 is 20.1 Å². The van der Waals surface area contributed by atoms with Gasteiger partial charge in [-0.1, -0.05) is 12.1 Å². The lowest BCUT2D eigenvalue weighted by Gasteiger charge is -2.30. The average molecular weight is 363 g/mol. The molecule has 134 valence electrons. The zero-order chi connectivity index (χ0) is 17.1. The van der Waals surface area contributed by atoms with Crippen molar-refractivity contribution in [3.05, 3.63) is 47.5 Å². The first-order valence-electron chi connectivity index (χ1n) is 8.05. The van der Waals surface area contributed by atoms with Gasteiger partial charge in [0, 0.05) is 17.9 Å². The molecule has 1 aliphatic heterocycles. The number of carbonyl (C=O) groups excluding carboxylic acids is 1. The number of amides is 1. The number of rotatable bonds is 4. The van der Waals surface area contributed by atoms with Crippen LogP contribution in [0.1, 0.15) is 17.5 Å². The van der Waals surface area contributed by atoms with Crippen LogP contribution in [0.4, 0.5) is 11.4 Å². The second kappa shape index (κ2) is 8.12. The molecule has 0 atom stereocenters. The number of ether oxygens (including phenoxy) is 2. The van der Waals surface area contributed by atoms with Crippen LogP contribution in [0.3, 0.4) is 0 Å². The standard InChI is InChI=1S/C19H22N2O3.ClH/c1-13-8-9-17(18(11-13)23-2)24-12-19(22)21-10-4-5-14-15(20)6-3-7-16(14)21;/h3,6-9,11H,4-5,10,12,20H2,1-2H3;1H. The van der Waals surface area contributed by atoms with Crippen molar-refractivity contribution in [1.82, 2.24) is 0 Å². The summed E-state index contributed by atoms with van der Waals surface area (Å²) in [5, 5.41) is 0. The van der Waals surface area contributed by atoms with Crippen molar-refractivity contribution in [2.75, 3.05) is 30.9 Å². The molecule has 1 heterocycles. The third-order valence-electron chi connectivity index (χ3n) is 4.26. The first-order valence-corrected chi connectivity index (χ1v) is 8.05. The van der Waals surface area contributed by atoms with Gasteiger partial charge in [0.1, 0.15) is 0 Å². The van der Waals surface area contributed by atoms with Gasteiger partial charge in [-0.25, -0.2) is 0 Å². The summed E-state index contributed by atoms with van der Waals surface area (Å²) in [5.41, 5.74) is 9.79. The molecule has 0 aromatic heterocycles. The van der Waals surface area contributed by atoms with E-state index in [9.17, 15) is 4.79 Å². The van der Waals surface area contributed by atoms with E-state index in [1.54, 1.807) is 12.0 Å². The Morgan fingerprint density at radius 2 is 2.04 bits per heavy atom. The number of carbonyl (C=O) groups is 1. The highest BCUT2D eigenvalue weighted by molar-refractivity contribution is 5.96. The van der Waals surface area contributed by atoms with Crippen molar-refractivity contribution in [3.8, 4) is 11.5 Å². The molecular formula is C19H23ClN2O3. The van der Waals surface area contributed by atoms with Crippen LogP contribution in [0.25, 0.3) is 0 Å². The number of fused-ring (bicyclic) bond motifs is 1. The molecule has 0 radical (unpaired) electrons. The number of hydrogen-bond acceptors (Lipinski definition) is 4. The molecule has 2 N–H and O–H groups in total. The molecule has 6 heteroatoms. The van der Waals surface area contributed by atoms with Crippen molar-refractivity contribution >= 4 is 29.7 Å². The Morgan fingerprint density at radius 1 is 1.24 bits per heavy atom. The summed E-state index contributed by atoms with van der Waals surface area (Å²) in [6, 6.07) is 11.3. The second-order valence-electron chi connectivity index (χ2n) is 5.94. The Labute approximate surface area is 154 Å². The number of anilines is 2. The summed E-state index contributed by atoms with van der Waals surface area (Å²) >= 11 is 0. The first-order chi connectivity index (χ1) is 11.6. The first kappa shape index (κ1) is 18.9. The average Bonchev–Trinajstić information content (AvgIpc) is 2.60.